The Morgan fingerprint density at radius 3 is 2.38 bits per heavy atom. The molecule has 0 unspecified atom stereocenters. The first-order valence-corrected chi connectivity index (χ1v) is 10.2. The molecule has 0 atom stereocenters. The van der Waals surface area contributed by atoms with Crippen molar-refractivity contribution in [2.24, 2.45) is 0 Å². The van der Waals surface area contributed by atoms with E-state index < -0.39 is 10.0 Å². The fourth-order valence-corrected chi connectivity index (χ4v) is 4.99. The number of nitrogens with zero attached hydrogens (tertiary/aromatic N) is 2. The topological polar surface area (TPSA) is 40.6 Å². The molecule has 1 aliphatic rings. The smallest absolute Gasteiger partial charge is 0.243 e. The van der Waals surface area contributed by atoms with Crippen molar-refractivity contribution in [3.8, 4) is 0 Å². The molecule has 0 bridgehead atoms. The Hall–Kier alpha value is -1.21. The number of piperazine rings is 1. The van der Waals surface area contributed by atoms with Crippen molar-refractivity contribution in [3.05, 3.63) is 64.1 Å². The van der Waals surface area contributed by atoms with Crippen LogP contribution in [0.1, 0.15) is 11.1 Å². The molecular weight excluding hydrogens is 388 g/mol. The Morgan fingerprint density at radius 2 is 1.71 bits per heavy atom. The maximum absolute atomic E-state index is 12.7. The van der Waals surface area contributed by atoms with E-state index in [2.05, 4.69) is 52.0 Å². The van der Waals surface area contributed by atoms with Gasteiger partial charge in [0.05, 0.1) is 4.90 Å². The van der Waals surface area contributed by atoms with Crippen LogP contribution in [-0.2, 0) is 16.6 Å². The lowest BCUT2D eigenvalue weighted by Crippen LogP contribution is -2.48. The zero-order valence-electron chi connectivity index (χ0n) is 13.7. The van der Waals surface area contributed by atoms with E-state index in [4.69, 9.17) is 0 Å². The van der Waals surface area contributed by atoms with Gasteiger partial charge in [-0.3, -0.25) is 4.90 Å². The first-order valence-electron chi connectivity index (χ1n) is 7.99. The molecule has 6 heteroatoms. The van der Waals surface area contributed by atoms with E-state index in [0.717, 1.165) is 24.1 Å². The second-order valence-electron chi connectivity index (χ2n) is 6.13. The van der Waals surface area contributed by atoms with Crippen LogP contribution in [-0.4, -0.2) is 43.8 Å². The molecular formula is C18H21BrN2O2S. The Balaban J connectivity index is 1.64. The van der Waals surface area contributed by atoms with Gasteiger partial charge in [-0.1, -0.05) is 51.8 Å². The van der Waals surface area contributed by atoms with E-state index in [1.807, 2.05) is 6.07 Å². The summed E-state index contributed by atoms with van der Waals surface area (Å²) in [6.07, 6.45) is 0. The summed E-state index contributed by atoms with van der Waals surface area (Å²) < 4.78 is 27.8. The number of halogens is 1. The monoisotopic (exact) mass is 408 g/mol. The quantitative estimate of drug-likeness (QED) is 0.779. The van der Waals surface area contributed by atoms with E-state index in [0.29, 0.717) is 18.0 Å². The predicted molar refractivity (Wildman–Crippen MR) is 99.4 cm³/mol. The molecule has 0 radical (unpaired) electrons. The minimum absolute atomic E-state index is 0.351. The lowest BCUT2D eigenvalue weighted by Gasteiger charge is -2.34. The average molecular weight is 409 g/mol. The van der Waals surface area contributed by atoms with Gasteiger partial charge < -0.3 is 0 Å². The van der Waals surface area contributed by atoms with Gasteiger partial charge in [-0.25, -0.2) is 8.42 Å². The molecule has 4 nitrogen and oxygen atoms in total. The Kier molecular flexibility index (Phi) is 5.39. The molecule has 0 aromatic heterocycles. The highest BCUT2D eigenvalue weighted by Gasteiger charge is 2.28. The highest BCUT2D eigenvalue weighted by Crippen LogP contribution is 2.21. The normalized spacial score (nSPS) is 17.1. The van der Waals surface area contributed by atoms with Gasteiger partial charge in [-0.2, -0.15) is 4.31 Å². The lowest BCUT2D eigenvalue weighted by molar-refractivity contribution is 0.181. The van der Waals surface area contributed by atoms with Crippen LogP contribution in [0.4, 0.5) is 0 Å². The number of hydrogen-bond acceptors (Lipinski definition) is 3. The highest BCUT2D eigenvalue weighted by molar-refractivity contribution is 9.10. The van der Waals surface area contributed by atoms with Crippen molar-refractivity contribution in [1.29, 1.82) is 0 Å². The standard InChI is InChI=1S/C18H21BrN2O2S/c1-15-4-2-5-16(12-15)14-20-8-10-21(11-9-20)24(22,23)18-7-3-6-17(19)13-18/h2-7,12-13H,8-11,14H2,1H3. The summed E-state index contributed by atoms with van der Waals surface area (Å²) in [5.41, 5.74) is 2.53. The van der Waals surface area contributed by atoms with Gasteiger partial charge in [0.25, 0.3) is 0 Å². The third-order valence-electron chi connectivity index (χ3n) is 4.25. The molecule has 1 heterocycles. The summed E-state index contributed by atoms with van der Waals surface area (Å²) in [5.74, 6) is 0. The van der Waals surface area contributed by atoms with Crippen LogP contribution in [0.5, 0.6) is 0 Å². The Bertz CT molecular complexity index is 815. The Labute approximate surface area is 152 Å². The summed E-state index contributed by atoms with van der Waals surface area (Å²) in [4.78, 5) is 2.66. The number of sulfonamides is 1. The summed E-state index contributed by atoms with van der Waals surface area (Å²) in [7, 11) is -3.41. The van der Waals surface area contributed by atoms with Gasteiger partial charge in [0.2, 0.25) is 10.0 Å². The van der Waals surface area contributed by atoms with Gasteiger partial charge >= 0.3 is 0 Å². The summed E-state index contributed by atoms with van der Waals surface area (Å²) in [6, 6.07) is 15.4. The fraction of sp³-hybridized carbons (Fsp3) is 0.333. The third kappa shape index (κ3) is 4.06. The average Bonchev–Trinajstić information content (AvgIpc) is 2.55. The molecule has 0 N–H and O–H groups in total. The number of aryl methyl sites for hydroxylation is 1. The molecule has 1 fully saturated rings. The molecule has 128 valence electrons. The second-order valence-corrected chi connectivity index (χ2v) is 8.98. The van der Waals surface area contributed by atoms with Crippen LogP contribution in [0.3, 0.4) is 0 Å². The molecule has 2 aromatic rings. The van der Waals surface area contributed by atoms with Crippen LogP contribution in [0, 0.1) is 6.92 Å². The second kappa shape index (κ2) is 7.35. The molecule has 0 amide bonds. The summed E-state index contributed by atoms with van der Waals surface area (Å²) in [6.45, 7) is 5.52. The summed E-state index contributed by atoms with van der Waals surface area (Å²) >= 11 is 3.34. The molecule has 0 aliphatic carbocycles. The van der Waals surface area contributed by atoms with E-state index in [9.17, 15) is 8.42 Å². The molecule has 2 aromatic carbocycles. The van der Waals surface area contributed by atoms with E-state index >= 15 is 0 Å². The minimum Gasteiger partial charge on any atom is -0.296 e. The van der Waals surface area contributed by atoms with Gasteiger partial charge in [0.1, 0.15) is 0 Å². The lowest BCUT2D eigenvalue weighted by atomic mass is 10.1. The minimum atomic E-state index is -3.41. The van der Waals surface area contributed by atoms with E-state index in [1.165, 1.54) is 11.1 Å². The van der Waals surface area contributed by atoms with Crippen LogP contribution in [0.2, 0.25) is 0 Å². The molecule has 0 saturated carbocycles. The van der Waals surface area contributed by atoms with Gasteiger partial charge in [0.15, 0.2) is 0 Å². The van der Waals surface area contributed by atoms with Crippen molar-refractivity contribution >= 4 is 26.0 Å². The number of benzene rings is 2. The third-order valence-corrected chi connectivity index (χ3v) is 6.64. The Morgan fingerprint density at radius 1 is 1.00 bits per heavy atom. The maximum Gasteiger partial charge on any atom is 0.243 e. The van der Waals surface area contributed by atoms with E-state index in [1.54, 1.807) is 22.5 Å². The van der Waals surface area contributed by atoms with Gasteiger partial charge in [-0.05, 0) is 30.7 Å². The van der Waals surface area contributed by atoms with Crippen LogP contribution in [0.15, 0.2) is 57.9 Å². The predicted octanol–water partition coefficient (Wildman–Crippen LogP) is 3.26. The fourth-order valence-electron chi connectivity index (χ4n) is 2.97. The molecule has 3 rings (SSSR count). The van der Waals surface area contributed by atoms with Crippen molar-refractivity contribution in [3.63, 3.8) is 0 Å². The van der Waals surface area contributed by atoms with Gasteiger partial charge in [-0.15, -0.1) is 0 Å². The first kappa shape index (κ1) is 17.6. The zero-order chi connectivity index (χ0) is 17.2. The SMILES string of the molecule is Cc1cccc(CN2CCN(S(=O)(=O)c3cccc(Br)c3)CC2)c1. The van der Waals surface area contributed by atoms with Crippen molar-refractivity contribution < 1.29 is 8.42 Å². The molecule has 0 spiro atoms. The van der Waals surface area contributed by atoms with Crippen molar-refractivity contribution in [1.82, 2.24) is 9.21 Å². The first-order chi connectivity index (χ1) is 11.4. The number of rotatable bonds is 4. The van der Waals surface area contributed by atoms with Crippen molar-refractivity contribution in [2.75, 3.05) is 26.2 Å². The van der Waals surface area contributed by atoms with Crippen LogP contribution >= 0.6 is 15.9 Å². The van der Waals surface area contributed by atoms with Gasteiger partial charge in [0, 0.05) is 37.2 Å². The van der Waals surface area contributed by atoms with E-state index in [-0.39, 0.29) is 0 Å². The van der Waals surface area contributed by atoms with Crippen molar-refractivity contribution in [2.45, 2.75) is 18.4 Å². The highest BCUT2D eigenvalue weighted by atomic mass is 79.9. The maximum atomic E-state index is 12.7. The summed E-state index contributed by atoms with van der Waals surface area (Å²) in [5, 5.41) is 0. The van der Waals surface area contributed by atoms with Crippen LogP contribution < -0.4 is 0 Å². The zero-order valence-corrected chi connectivity index (χ0v) is 16.1. The molecule has 1 saturated heterocycles. The molecule has 24 heavy (non-hydrogen) atoms. The molecule has 1 aliphatic heterocycles. The largest absolute Gasteiger partial charge is 0.296 e. The van der Waals surface area contributed by atoms with Crippen LogP contribution in [0.25, 0.3) is 0 Å². The number of hydrogen-bond donors (Lipinski definition) is 0.